The molecule has 0 aliphatic heterocycles. The lowest BCUT2D eigenvalue weighted by Gasteiger charge is -2.27. The van der Waals surface area contributed by atoms with Crippen LogP contribution >= 0.6 is 11.8 Å². The van der Waals surface area contributed by atoms with Crippen molar-refractivity contribution in [2.75, 3.05) is 12.0 Å². The van der Waals surface area contributed by atoms with E-state index in [1.807, 2.05) is 0 Å². The molecule has 0 aromatic rings. The Morgan fingerprint density at radius 1 is 0.794 bits per heavy atom. The van der Waals surface area contributed by atoms with Gasteiger partial charge in [0.05, 0.1) is 6.04 Å². The van der Waals surface area contributed by atoms with E-state index in [4.69, 9.17) is 17.2 Å². The van der Waals surface area contributed by atoms with Gasteiger partial charge in [-0.2, -0.15) is 11.8 Å². The first-order valence-corrected chi connectivity index (χ1v) is 12.1. The summed E-state index contributed by atoms with van der Waals surface area (Å²) >= 11 is 1.41. The van der Waals surface area contributed by atoms with Gasteiger partial charge in [0.1, 0.15) is 18.1 Å². The van der Waals surface area contributed by atoms with Gasteiger partial charge in [-0.15, -0.1) is 0 Å². The summed E-state index contributed by atoms with van der Waals surface area (Å²) in [5.41, 5.74) is 16.0. The number of rotatable bonds is 17. The van der Waals surface area contributed by atoms with E-state index in [2.05, 4.69) is 16.0 Å². The van der Waals surface area contributed by atoms with Crippen LogP contribution in [0, 0.1) is 5.92 Å². The van der Waals surface area contributed by atoms with Crippen LogP contribution in [0.5, 0.6) is 0 Å². The lowest BCUT2D eigenvalue weighted by Crippen LogP contribution is -2.58. The topological polar surface area (TPSA) is 237 Å². The molecule has 0 unspecified atom stereocenters. The molecule has 13 nitrogen and oxygen atoms in total. The summed E-state index contributed by atoms with van der Waals surface area (Å²) in [6.45, 7) is 3.31. The van der Waals surface area contributed by atoms with Gasteiger partial charge < -0.3 is 38.3 Å². The van der Waals surface area contributed by atoms with Crippen LogP contribution in [-0.2, 0) is 28.8 Å². The number of amides is 5. The second-order valence-corrected chi connectivity index (χ2v) is 9.07. The molecule has 0 aliphatic rings. The first-order chi connectivity index (χ1) is 15.8. The highest BCUT2D eigenvalue weighted by Crippen LogP contribution is 2.08. The molecule has 4 atom stereocenters. The summed E-state index contributed by atoms with van der Waals surface area (Å²) in [4.78, 5) is 71.6. The number of carboxylic acid groups (broad SMARTS) is 1. The van der Waals surface area contributed by atoms with E-state index in [1.54, 1.807) is 20.1 Å². The summed E-state index contributed by atoms with van der Waals surface area (Å²) in [5.74, 6) is -4.72. The maximum Gasteiger partial charge on any atom is 0.326 e. The maximum atomic E-state index is 12.9. The highest BCUT2D eigenvalue weighted by Gasteiger charge is 2.31. The van der Waals surface area contributed by atoms with Gasteiger partial charge in [-0.05, 0) is 37.2 Å². The van der Waals surface area contributed by atoms with E-state index < -0.39 is 65.6 Å². The minimum Gasteiger partial charge on any atom is -0.480 e. The lowest BCUT2D eigenvalue weighted by atomic mass is 10.0. The first-order valence-electron chi connectivity index (χ1n) is 10.7. The van der Waals surface area contributed by atoms with E-state index in [0.29, 0.717) is 5.75 Å². The van der Waals surface area contributed by atoms with Gasteiger partial charge in [-0.1, -0.05) is 13.8 Å². The molecular weight excluding hydrogens is 468 g/mol. The second kappa shape index (κ2) is 15.9. The molecule has 5 amide bonds. The highest BCUT2D eigenvalue weighted by atomic mass is 32.2. The number of carbonyl (C=O) groups is 6. The number of hydrogen-bond acceptors (Lipinski definition) is 8. The van der Waals surface area contributed by atoms with Crippen LogP contribution in [0.3, 0.4) is 0 Å². The quantitative estimate of drug-likeness (QED) is 0.113. The van der Waals surface area contributed by atoms with E-state index in [-0.39, 0.29) is 32.1 Å². The van der Waals surface area contributed by atoms with Crippen molar-refractivity contribution in [3.05, 3.63) is 0 Å². The molecule has 0 aromatic carbocycles. The van der Waals surface area contributed by atoms with Gasteiger partial charge in [-0.3, -0.25) is 24.0 Å². The Balaban J connectivity index is 5.43. The molecule has 0 fully saturated rings. The van der Waals surface area contributed by atoms with E-state index in [0.717, 1.165) is 0 Å². The molecule has 34 heavy (non-hydrogen) atoms. The monoisotopic (exact) mass is 504 g/mol. The molecule has 0 heterocycles. The van der Waals surface area contributed by atoms with Crippen molar-refractivity contribution in [1.29, 1.82) is 0 Å². The number of primary amides is 2. The van der Waals surface area contributed by atoms with Crippen molar-refractivity contribution in [3.8, 4) is 0 Å². The van der Waals surface area contributed by atoms with Gasteiger partial charge in [0, 0.05) is 12.8 Å². The van der Waals surface area contributed by atoms with Gasteiger partial charge in [-0.25, -0.2) is 4.79 Å². The van der Waals surface area contributed by atoms with Gasteiger partial charge >= 0.3 is 5.97 Å². The normalized spacial score (nSPS) is 14.4. The summed E-state index contributed by atoms with van der Waals surface area (Å²) in [7, 11) is 0. The molecule has 0 radical (unpaired) electrons. The van der Waals surface area contributed by atoms with Crippen LogP contribution in [0.1, 0.15) is 46.0 Å². The Bertz CT molecular complexity index is 749. The number of hydrogen-bond donors (Lipinski definition) is 7. The number of nitrogens with two attached hydrogens (primary N) is 3. The van der Waals surface area contributed by atoms with Crippen molar-refractivity contribution >= 4 is 47.3 Å². The minimum absolute atomic E-state index is 0.0101. The zero-order chi connectivity index (χ0) is 26.4. The lowest BCUT2D eigenvalue weighted by molar-refractivity contribution is -0.142. The van der Waals surface area contributed by atoms with Crippen molar-refractivity contribution in [2.45, 2.75) is 70.1 Å². The number of aliphatic carboxylic acids is 1. The van der Waals surface area contributed by atoms with Crippen molar-refractivity contribution in [1.82, 2.24) is 16.0 Å². The van der Waals surface area contributed by atoms with Crippen molar-refractivity contribution in [2.24, 2.45) is 23.1 Å². The molecule has 0 bridgehead atoms. The molecular formula is C20H36N6O7S. The Labute approximate surface area is 202 Å². The van der Waals surface area contributed by atoms with Crippen LogP contribution < -0.4 is 33.2 Å². The minimum atomic E-state index is -1.27. The standard InChI is InChI=1S/C20H36N6O7S/c1-10(2)16(26-17(29)11(21)4-6-14(22)27)19(31)24-12(5-7-15(23)28)18(30)25-13(20(32)33)8-9-34-3/h10-13,16H,4-9,21H2,1-3H3,(H2,22,27)(H2,23,28)(H,24,31)(H,25,30)(H,26,29)(H,32,33)/t11-,12-,13-,16-/m0/s1. The number of nitrogens with one attached hydrogen (secondary N) is 3. The predicted octanol–water partition coefficient (Wildman–Crippen LogP) is -2.21. The molecule has 0 saturated carbocycles. The zero-order valence-electron chi connectivity index (χ0n) is 19.7. The zero-order valence-corrected chi connectivity index (χ0v) is 20.5. The average Bonchev–Trinajstić information content (AvgIpc) is 2.74. The van der Waals surface area contributed by atoms with Crippen LogP contribution in [-0.4, -0.2) is 76.8 Å². The van der Waals surface area contributed by atoms with Crippen LogP contribution in [0.15, 0.2) is 0 Å². The summed E-state index contributed by atoms with van der Waals surface area (Å²) in [6, 6.07) is -4.62. The fourth-order valence-corrected chi connectivity index (χ4v) is 3.28. The van der Waals surface area contributed by atoms with Gasteiger partial charge in [0.2, 0.25) is 29.5 Å². The fourth-order valence-electron chi connectivity index (χ4n) is 2.81. The van der Waals surface area contributed by atoms with Crippen LogP contribution in [0.4, 0.5) is 0 Å². The molecule has 0 aliphatic carbocycles. The molecule has 194 valence electrons. The summed E-state index contributed by atoms with van der Waals surface area (Å²) in [6.07, 6.45) is 1.42. The van der Waals surface area contributed by atoms with E-state index >= 15 is 0 Å². The molecule has 0 rings (SSSR count). The maximum absolute atomic E-state index is 12.9. The summed E-state index contributed by atoms with van der Waals surface area (Å²) < 4.78 is 0. The Morgan fingerprint density at radius 3 is 1.79 bits per heavy atom. The van der Waals surface area contributed by atoms with Crippen molar-refractivity contribution in [3.63, 3.8) is 0 Å². The first kappa shape index (κ1) is 31.1. The van der Waals surface area contributed by atoms with E-state index in [1.165, 1.54) is 11.8 Å². The fraction of sp³-hybridized carbons (Fsp3) is 0.700. The molecule has 0 aromatic heterocycles. The SMILES string of the molecule is CSCC[C@H](NC(=O)[C@H](CCC(N)=O)NC(=O)[C@@H](NC(=O)[C@@H](N)CCC(N)=O)C(C)C)C(=O)O. The number of carbonyl (C=O) groups excluding carboxylic acids is 5. The molecule has 0 spiro atoms. The Morgan fingerprint density at radius 2 is 1.32 bits per heavy atom. The average molecular weight is 505 g/mol. The second-order valence-electron chi connectivity index (χ2n) is 8.09. The van der Waals surface area contributed by atoms with Crippen LogP contribution in [0.25, 0.3) is 0 Å². The third kappa shape index (κ3) is 12.4. The third-order valence-corrected chi connectivity index (χ3v) is 5.47. The number of thioether (sulfide) groups is 1. The van der Waals surface area contributed by atoms with Crippen molar-refractivity contribution < 1.29 is 33.9 Å². The third-order valence-electron chi connectivity index (χ3n) is 4.82. The molecule has 14 heteroatoms. The molecule has 0 saturated heterocycles. The molecule has 10 N–H and O–H groups in total. The highest BCUT2D eigenvalue weighted by molar-refractivity contribution is 7.98. The predicted molar refractivity (Wildman–Crippen MR) is 126 cm³/mol. The summed E-state index contributed by atoms with van der Waals surface area (Å²) in [5, 5.41) is 16.7. The largest absolute Gasteiger partial charge is 0.480 e. The van der Waals surface area contributed by atoms with E-state index in [9.17, 15) is 33.9 Å². The Hall–Kier alpha value is -2.87. The smallest absolute Gasteiger partial charge is 0.326 e. The van der Waals surface area contributed by atoms with Crippen LogP contribution in [0.2, 0.25) is 0 Å². The number of carboxylic acids is 1. The van der Waals surface area contributed by atoms with Gasteiger partial charge in [0.25, 0.3) is 0 Å². The van der Waals surface area contributed by atoms with Gasteiger partial charge in [0.15, 0.2) is 0 Å². The Kier molecular flexibility index (Phi) is 14.5.